The van der Waals surface area contributed by atoms with Crippen molar-refractivity contribution in [2.75, 3.05) is 4.72 Å². The maximum Gasteiger partial charge on any atom is 0.260 e. The molecular formula is C8H6N2O3S. The van der Waals surface area contributed by atoms with Crippen molar-refractivity contribution in [3.8, 4) is 6.07 Å². The van der Waals surface area contributed by atoms with Gasteiger partial charge >= 0.3 is 0 Å². The first kappa shape index (κ1) is 7.88. The highest BCUT2D eigenvalue weighted by Crippen LogP contribution is 2.54. The Hall–Kier alpha value is -1.48. The van der Waals surface area contributed by atoms with Crippen molar-refractivity contribution in [2.45, 2.75) is 18.1 Å². The first-order valence-corrected chi connectivity index (χ1v) is 5.56. The van der Waals surface area contributed by atoms with Crippen molar-refractivity contribution in [2.24, 2.45) is 0 Å². The molecule has 0 saturated heterocycles. The molecule has 2 aliphatic heterocycles. The summed E-state index contributed by atoms with van der Waals surface area (Å²) in [5.41, 5.74) is 1.26. The Morgan fingerprint density at radius 2 is 2.36 bits per heavy atom. The minimum atomic E-state index is -3.63. The van der Waals surface area contributed by atoms with E-state index < -0.39 is 14.8 Å². The summed E-state index contributed by atoms with van der Waals surface area (Å²) in [7, 11) is -3.63. The smallest absolute Gasteiger partial charge is 0.260 e. The van der Waals surface area contributed by atoms with Gasteiger partial charge in [0.1, 0.15) is 5.76 Å². The second kappa shape index (κ2) is 1.81. The van der Waals surface area contributed by atoms with Crippen LogP contribution in [0.4, 0.5) is 5.69 Å². The van der Waals surface area contributed by atoms with Gasteiger partial charge in [0.25, 0.3) is 10.0 Å². The number of nitriles is 1. The molecule has 14 heavy (non-hydrogen) atoms. The van der Waals surface area contributed by atoms with E-state index in [0.29, 0.717) is 11.4 Å². The number of hydrogen-bond acceptors (Lipinski definition) is 4. The van der Waals surface area contributed by atoms with Crippen LogP contribution in [0.2, 0.25) is 0 Å². The number of nitrogens with one attached hydrogen (secondary N) is 1. The summed E-state index contributed by atoms with van der Waals surface area (Å²) in [5.74, 6) is 0.873. The number of furan rings is 1. The van der Waals surface area contributed by atoms with Crippen LogP contribution in [0.5, 0.6) is 0 Å². The minimum Gasteiger partial charge on any atom is -0.460 e. The average Bonchev–Trinajstić information content (AvgIpc) is 2.67. The standard InChI is InChI=1S/C8H6N2O3S/c1-4-5-2-8(3-9)7(13-5)6(4)10-14(8,11)12/h10H,2H2,1H3. The van der Waals surface area contributed by atoms with Crippen molar-refractivity contribution in [1.29, 1.82) is 5.26 Å². The molecule has 0 aliphatic carbocycles. The lowest BCUT2D eigenvalue weighted by Gasteiger charge is -2.10. The van der Waals surface area contributed by atoms with Crippen molar-refractivity contribution in [3.63, 3.8) is 0 Å². The molecule has 1 aromatic rings. The van der Waals surface area contributed by atoms with Gasteiger partial charge in [0.15, 0.2) is 5.76 Å². The van der Waals surface area contributed by atoms with Gasteiger partial charge in [-0.2, -0.15) is 5.26 Å². The molecule has 72 valence electrons. The van der Waals surface area contributed by atoms with E-state index in [2.05, 4.69) is 4.72 Å². The Bertz CT molecular complexity index is 593. The third-order valence-electron chi connectivity index (χ3n) is 2.90. The number of nitrogens with zero attached hydrogens (tertiary/aromatic N) is 1. The van der Waals surface area contributed by atoms with Gasteiger partial charge in [-0.25, -0.2) is 8.42 Å². The van der Waals surface area contributed by atoms with Gasteiger partial charge in [0, 0.05) is 12.0 Å². The van der Waals surface area contributed by atoms with E-state index in [4.69, 9.17) is 9.68 Å². The molecule has 1 aromatic heterocycles. The van der Waals surface area contributed by atoms with Crippen LogP contribution in [0.1, 0.15) is 17.1 Å². The maximum absolute atomic E-state index is 11.7. The average molecular weight is 210 g/mol. The zero-order chi connectivity index (χ0) is 10.1. The Balaban J connectivity index is 2.46. The minimum absolute atomic E-state index is 0.142. The van der Waals surface area contributed by atoms with Crippen molar-refractivity contribution >= 4 is 15.7 Å². The number of hydrogen-bond donors (Lipinski definition) is 1. The van der Waals surface area contributed by atoms with Crippen LogP contribution >= 0.6 is 0 Å². The molecular weight excluding hydrogens is 204 g/mol. The lowest BCUT2D eigenvalue weighted by Crippen LogP contribution is -2.32. The number of sulfonamides is 1. The molecule has 2 bridgehead atoms. The third kappa shape index (κ3) is 0.527. The summed E-state index contributed by atoms with van der Waals surface area (Å²) in [4.78, 5) is 0. The van der Waals surface area contributed by atoms with Gasteiger partial charge in [-0.15, -0.1) is 0 Å². The first-order valence-electron chi connectivity index (χ1n) is 4.08. The highest BCUT2D eigenvalue weighted by atomic mass is 32.2. The monoisotopic (exact) mass is 210 g/mol. The van der Waals surface area contributed by atoms with Crippen LogP contribution in [-0.2, 0) is 21.2 Å². The summed E-state index contributed by atoms with van der Waals surface area (Å²) in [6, 6.07) is 1.84. The lowest BCUT2D eigenvalue weighted by molar-refractivity contribution is 0.525. The Morgan fingerprint density at radius 3 is 2.93 bits per heavy atom. The van der Waals surface area contributed by atoms with Gasteiger partial charge in [-0.3, -0.25) is 4.72 Å². The predicted molar refractivity (Wildman–Crippen MR) is 47.0 cm³/mol. The molecule has 6 heteroatoms. The zero-order valence-electron chi connectivity index (χ0n) is 7.29. The molecule has 1 N–H and O–H groups in total. The molecule has 3 rings (SSSR count). The summed E-state index contributed by atoms with van der Waals surface area (Å²) in [5, 5.41) is 8.98. The quantitative estimate of drug-likeness (QED) is 0.680. The second-order valence-corrected chi connectivity index (χ2v) is 5.48. The molecule has 1 unspecified atom stereocenters. The topological polar surface area (TPSA) is 83.1 Å². The largest absolute Gasteiger partial charge is 0.460 e. The van der Waals surface area contributed by atoms with Crippen LogP contribution in [0.25, 0.3) is 0 Å². The van der Waals surface area contributed by atoms with Crippen molar-refractivity contribution in [3.05, 3.63) is 17.1 Å². The fourth-order valence-electron chi connectivity index (χ4n) is 2.03. The molecule has 0 fully saturated rings. The summed E-state index contributed by atoms with van der Waals surface area (Å²) >= 11 is 0. The van der Waals surface area contributed by atoms with Crippen molar-refractivity contribution < 1.29 is 12.8 Å². The molecule has 2 aliphatic rings. The van der Waals surface area contributed by atoms with Gasteiger partial charge in [0.2, 0.25) is 4.75 Å². The fourth-order valence-corrected chi connectivity index (χ4v) is 3.55. The van der Waals surface area contributed by atoms with E-state index >= 15 is 0 Å². The Kier molecular flexibility index (Phi) is 1.02. The van der Waals surface area contributed by atoms with Gasteiger partial charge in [0.05, 0.1) is 11.8 Å². The highest BCUT2D eigenvalue weighted by molar-refractivity contribution is 7.94. The molecule has 0 radical (unpaired) electrons. The Labute approximate surface area is 80.4 Å². The molecule has 0 amide bonds. The van der Waals surface area contributed by atoms with Gasteiger partial charge in [-0.1, -0.05) is 0 Å². The number of rotatable bonds is 0. The lowest BCUT2D eigenvalue weighted by atomic mass is 9.95. The van der Waals surface area contributed by atoms with Gasteiger partial charge in [-0.05, 0) is 6.92 Å². The van der Waals surface area contributed by atoms with Crippen LogP contribution in [-0.4, -0.2) is 8.42 Å². The van der Waals surface area contributed by atoms with E-state index in [1.54, 1.807) is 6.92 Å². The SMILES string of the molecule is Cc1c2oc3c1NS(=O)(=O)C3(C#N)C2. The van der Waals surface area contributed by atoms with Gasteiger partial charge < -0.3 is 4.42 Å². The van der Waals surface area contributed by atoms with E-state index in [0.717, 1.165) is 5.56 Å². The van der Waals surface area contributed by atoms with Crippen LogP contribution in [0.3, 0.4) is 0 Å². The predicted octanol–water partition coefficient (Wildman–Crippen LogP) is 0.618. The van der Waals surface area contributed by atoms with E-state index in [1.165, 1.54) is 0 Å². The van der Waals surface area contributed by atoms with E-state index in [-0.39, 0.29) is 12.2 Å². The summed E-state index contributed by atoms with van der Waals surface area (Å²) < 4.78 is 29.6. The van der Waals surface area contributed by atoms with Crippen LogP contribution in [0.15, 0.2) is 4.42 Å². The summed E-state index contributed by atoms with van der Waals surface area (Å²) in [6.45, 7) is 1.78. The molecule has 0 spiro atoms. The third-order valence-corrected chi connectivity index (χ3v) is 4.71. The van der Waals surface area contributed by atoms with Crippen molar-refractivity contribution in [1.82, 2.24) is 0 Å². The maximum atomic E-state index is 11.7. The Morgan fingerprint density at radius 1 is 1.64 bits per heavy atom. The second-order valence-electron chi connectivity index (χ2n) is 3.58. The van der Waals surface area contributed by atoms with Crippen LogP contribution < -0.4 is 4.72 Å². The fraction of sp³-hybridized carbons (Fsp3) is 0.375. The molecule has 0 aromatic carbocycles. The van der Waals surface area contributed by atoms with Crippen LogP contribution in [0, 0.1) is 18.3 Å². The number of fused-ring (bicyclic) bond motifs is 1. The first-order chi connectivity index (χ1) is 6.52. The number of anilines is 1. The molecule has 0 saturated carbocycles. The van der Waals surface area contributed by atoms with E-state index in [1.807, 2.05) is 6.07 Å². The zero-order valence-corrected chi connectivity index (χ0v) is 8.10. The highest BCUT2D eigenvalue weighted by Gasteiger charge is 2.61. The normalized spacial score (nSPS) is 30.0. The molecule has 5 nitrogen and oxygen atoms in total. The molecule has 3 heterocycles. The molecule has 1 atom stereocenters. The summed E-state index contributed by atoms with van der Waals surface area (Å²) in [6.07, 6.45) is 0.142. The van der Waals surface area contributed by atoms with E-state index in [9.17, 15) is 8.42 Å².